The molecule has 0 aliphatic heterocycles. The first kappa shape index (κ1) is 8.27. The molecule has 0 fully saturated rings. The van der Waals surface area contributed by atoms with Gasteiger partial charge in [-0.3, -0.25) is 0 Å². The number of hydrogen-bond donors (Lipinski definition) is 0. The van der Waals surface area contributed by atoms with Crippen molar-refractivity contribution < 1.29 is 4.74 Å². The highest BCUT2D eigenvalue weighted by Gasteiger charge is 1.81. The van der Waals surface area contributed by atoms with Crippen molar-refractivity contribution in [3.05, 3.63) is 10.4 Å². The Kier molecular flexibility index (Phi) is 6.68. The Morgan fingerprint density at radius 1 is 1.67 bits per heavy atom. The normalized spacial score (nSPS) is 8.56. The van der Waals surface area contributed by atoms with Gasteiger partial charge in [-0.15, -0.1) is 0 Å². The second-order valence-electron chi connectivity index (χ2n) is 1.50. The molecule has 0 aromatic carbocycles. The molecule has 4 heteroatoms. The lowest BCUT2D eigenvalue weighted by Gasteiger charge is -1.94. The molecule has 0 N–H and O–H groups in total. The Labute approximate surface area is 54.4 Å². The summed E-state index contributed by atoms with van der Waals surface area (Å²) in [6, 6.07) is 0. The van der Waals surface area contributed by atoms with E-state index in [0.29, 0.717) is 13.2 Å². The average Bonchev–Trinajstić information content (AvgIpc) is 1.89. The Morgan fingerprint density at radius 3 is 3.00 bits per heavy atom. The van der Waals surface area contributed by atoms with Crippen LogP contribution in [-0.4, -0.2) is 19.8 Å². The highest BCUT2D eigenvalue weighted by atomic mass is 16.5. The average molecular weight is 129 g/mol. The quantitative estimate of drug-likeness (QED) is 0.241. The summed E-state index contributed by atoms with van der Waals surface area (Å²) in [6.45, 7) is 3.90. The molecule has 4 nitrogen and oxygen atoms in total. The van der Waals surface area contributed by atoms with Gasteiger partial charge in [0.25, 0.3) is 0 Å². The smallest absolute Gasteiger partial charge is 0.0467 e. The minimum atomic E-state index is 0.538. The van der Waals surface area contributed by atoms with Crippen molar-refractivity contribution in [2.45, 2.75) is 13.3 Å². The molecule has 0 amide bonds. The Balaban J connectivity index is 2.82. The first-order valence-electron chi connectivity index (χ1n) is 3.00. The molecule has 0 saturated carbocycles. The minimum absolute atomic E-state index is 0.538. The zero-order chi connectivity index (χ0) is 6.95. The van der Waals surface area contributed by atoms with E-state index in [1.54, 1.807) is 0 Å². The van der Waals surface area contributed by atoms with E-state index in [2.05, 4.69) is 10.0 Å². The molecule has 0 aromatic heterocycles. The fourth-order valence-corrected chi connectivity index (χ4v) is 0.426. The number of nitrogens with zero attached hydrogens (tertiary/aromatic N) is 3. The maximum Gasteiger partial charge on any atom is 0.0467 e. The molecular weight excluding hydrogens is 118 g/mol. The van der Waals surface area contributed by atoms with Crippen molar-refractivity contribution in [1.29, 1.82) is 0 Å². The molecule has 0 rings (SSSR count). The van der Waals surface area contributed by atoms with E-state index in [9.17, 15) is 0 Å². The number of azide groups is 1. The molecule has 9 heavy (non-hydrogen) atoms. The third-order valence-corrected chi connectivity index (χ3v) is 0.814. The SMILES string of the molecule is CCOCCCN=[N+]=[N-]. The standard InChI is InChI=1S/C5H11N3O/c1-2-9-5-3-4-7-8-6/h2-5H2,1H3. The first-order valence-corrected chi connectivity index (χ1v) is 3.00. The minimum Gasteiger partial charge on any atom is -0.382 e. The van der Waals surface area contributed by atoms with E-state index in [-0.39, 0.29) is 0 Å². The van der Waals surface area contributed by atoms with Crippen molar-refractivity contribution in [2.75, 3.05) is 19.8 Å². The zero-order valence-corrected chi connectivity index (χ0v) is 5.58. The number of ether oxygens (including phenoxy) is 1. The molecule has 0 radical (unpaired) electrons. The molecule has 0 bridgehead atoms. The first-order chi connectivity index (χ1) is 4.41. The van der Waals surface area contributed by atoms with Crippen LogP contribution in [0.5, 0.6) is 0 Å². The molecule has 0 heterocycles. The van der Waals surface area contributed by atoms with Crippen molar-refractivity contribution in [3.63, 3.8) is 0 Å². The van der Waals surface area contributed by atoms with Crippen LogP contribution < -0.4 is 0 Å². The van der Waals surface area contributed by atoms with Crippen LogP contribution in [-0.2, 0) is 4.74 Å². The van der Waals surface area contributed by atoms with Gasteiger partial charge in [-0.2, -0.15) is 0 Å². The predicted octanol–water partition coefficient (Wildman–Crippen LogP) is 1.72. The largest absolute Gasteiger partial charge is 0.382 e. The monoisotopic (exact) mass is 129 g/mol. The lowest BCUT2D eigenvalue weighted by atomic mass is 10.5. The van der Waals surface area contributed by atoms with Gasteiger partial charge in [-0.1, -0.05) is 5.11 Å². The molecule has 0 aliphatic rings. The van der Waals surface area contributed by atoms with E-state index in [1.165, 1.54) is 0 Å². The fourth-order valence-electron chi connectivity index (χ4n) is 0.426. The summed E-state index contributed by atoms with van der Waals surface area (Å²) in [5.41, 5.74) is 7.84. The summed E-state index contributed by atoms with van der Waals surface area (Å²) in [5.74, 6) is 0. The molecule has 0 aromatic rings. The Bertz CT molecular complexity index is 98.4. The van der Waals surface area contributed by atoms with Gasteiger partial charge >= 0.3 is 0 Å². The Morgan fingerprint density at radius 2 is 2.44 bits per heavy atom. The highest BCUT2D eigenvalue weighted by molar-refractivity contribution is 4.45. The van der Waals surface area contributed by atoms with Crippen LogP contribution in [0, 0.1) is 0 Å². The summed E-state index contributed by atoms with van der Waals surface area (Å²) in [6.07, 6.45) is 0.817. The van der Waals surface area contributed by atoms with Gasteiger partial charge in [0.15, 0.2) is 0 Å². The summed E-state index contributed by atoms with van der Waals surface area (Å²) >= 11 is 0. The molecule has 0 saturated heterocycles. The van der Waals surface area contributed by atoms with Crippen molar-refractivity contribution in [2.24, 2.45) is 5.11 Å². The lowest BCUT2D eigenvalue weighted by molar-refractivity contribution is 0.146. The van der Waals surface area contributed by atoms with Gasteiger partial charge in [0.2, 0.25) is 0 Å². The topological polar surface area (TPSA) is 58.0 Å². The van der Waals surface area contributed by atoms with Gasteiger partial charge in [0.05, 0.1) is 0 Å². The maximum atomic E-state index is 7.84. The fraction of sp³-hybridized carbons (Fsp3) is 1.00. The van der Waals surface area contributed by atoms with Gasteiger partial charge in [0, 0.05) is 24.7 Å². The van der Waals surface area contributed by atoms with Gasteiger partial charge < -0.3 is 4.74 Å². The van der Waals surface area contributed by atoms with Crippen LogP contribution in [0.1, 0.15) is 13.3 Å². The summed E-state index contributed by atoms with van der Waals surface area (Å²) in [7, 11) is 0. The summed E-state index contributed by atoms with van der Waals surface area (Å²) in [4.78, 5) is 2.60. The van der Waals surface area contributed by atoms with Gasteiger partial charge in [-0.25, -0.2) is 0 Å². The van der Waals surface area contributed by atoms with Crippen LogP contribution in [0.25, 0.3) is 10.4 Å². The van der Waals surface area contributed by atoms with Crippen LogP contribution in [0.3, 0.4) is 0 Å². The second-order valence-corrected chi connectivity index (χ2v) is 1.50. The molecule has 52 valence electrons. The van der Waals surface area contributed by atoms with Crippen LogP contribution in [0.2, 0.25) is 0 Å². The maximum absolute atomic E-state index is 7.84. The van der Waals surface area contributed by atoms with E-state index in [0.717, 1.165) is 13.0 Å². The van der Waals surface area contributed by atoms with E-state index in [1.807, 2.05) is 6.92 Å². The van der Waals surface area contributed by atoms with Crippen molar-refractivity contribution in [1.82, 2.24) is 0 Å². The Hall–Kier alpha value is -0.730. The molecule has 0 atom stereocenters. The summed E-state index contributed by atoms with van der Waals surface area (Å²) in [5, 5.41) is 3.34. The molecular formula is C5H11N3O. The second kappa shape index (κ2) is 7.27. The van der Waals surface area contributed by atoms with Crippen molar-refractivity contribution >= 4 is 0 Å². The van der Waals surface area contributed by atoms with Gasteiger partial charge in [-0.05, 0) is 18.9 Å². The van der Waals surface area contributed by atoms with Crippen LogP contribution in [0.15, 0.2) is 5.11 Å². The van der Waals surface area contributed by atoms with E-state index >= 15 is 0 Å². The lowest BCUT2D eigenvalue weighted by Crippen LogP contribution is -1.94. The molecule has 0 unspecified atom stereocenters. The molecule has 0 spiro atoms. The number of hydrogen-bond acceptors (Lipinski definition) is 2. The van der Waals surface area contributed by atoms with E-state index < -0.39 is 0 Å². The van der Waals surface area contributed by atoms with Gasteiger partial charge in [0.1, 0.15) is 0 Å². The van der Waals surface area contributed by atoms with E-state index in [4.69, 9.17) is 10.3 Å². The van der Waals surface area contributed by atoms with Crippen LogP contribution in [0.4, 0.5) is 0 Å². The van der Waals surface area contributed by atoms with Crippen molar-refractivity contribution in [3.8, 4) is 0 Å². The third kappa shape index (κ3) is 7.27. The third-order valence-electron chi connectivity index (χ3n) is 0.814. The zero-order valence-electron chi connectivity index (χ0n) is 5.58. The molecule has 0 aliphatic carbocycles. The summed E-state index contributed by atoms with van der Waals surface area (Å²) < 4.78 is 5.00. The predicted molar refractivity (Wildman–Crippen MR) is 35.1 cm³/mol. The van der Waals surface area contributed by atoms with Crippen LogP contribution >= 0.6 is 0 Å². The number of rotatable bonds is 5. The highest BCUT2D eigenvalue weighted by Crippen LogP contribution is 1.82.